The van der Waals surface area contributed by atoms with Gasteiger partial charge < -0.3 is 19.5 Å². The SMILES string of the molecule is CCOc1c(Cl)cc(C(=O)N2CCN(S(=O)(=O)c3cc(C)ccc3O)CC2)cc1OC. The van der Waals surface area contributed by atoms with Gasteiger partial charge in [0.2, 0.25) is 10.0 Å². The molecular formula is C21H25ClN2O6S. The molecule has 168 valence electrons. The van der Waals surface area contributed by atoms with Crippen molar-refractivity contribution >= 4 is 27.5 Å². The highest BCUT2D eigenvalue weighted by atomic mass is 35.5. The summed E-state index contributed by atoms with van der Waals surface area (Å²) >= 11 is 6.27. The molecule has 1 saturated heterocycles. The number of aromatic hydroxyl groups is 1. The van der Waals surface area contributed by atoms with Crippen molar-refractivity contribution in [1.82, 2.24) is 9.21 Å². The third-order valence-corrected chi connectivity index (χ3v) is 7.23. The van der Waals surface area contributed by atoms with Crippen LogP contribution in [0.5, 0.6) is 17.2 Å². The van der Waals surface area contributed by atoms with Gasteiger partial charge in [-0.15, -0.1) is 0 Å². The molecule has 2 aromatic carbocycles. The second-order valence-electron chi connectivity index (χ2n) is 7.09. The van der Waals surface area contributed by atoms with Crippen LogP contribution < -0.4 is 9.47 Å². The van der Waals surface area contributed by atoms with Crippen molar-refractivity contribution in [1.29, 1.82) is 0 Å². The van der Waals surface area contributed by atoms with Crippen molar-refractivity contribution < 1.29 is 27.8 Å². The molecule has 10 heteroatoms. The van der Waals surface area contributed by atoms with Gasteiger partial charge in [-0.25, -0.2) is 8.42 Å². The normalized spacial score (nSPS) is 15.0. The molecule has 1 N–H and O–H groups in total. The Morgan fingerprint density at radius 3 is 2.45 bits per heavy atom. The van der Waals surface area contributed by atoms with Crippen LogP contribution in [-0.4, -0.2) is 68.5 Å². The molecule has 0 aromatic heterocycles. The molecule has 1 aliphatic heterocycles. The number of hydrogen-bond donors (Lipinski definition) is 1. The molecule has 0 unspecified atom stereocenters. The Morgan fingerprint density at radius 1 is 1.16 bits per heavy atom. The number of carbonyl (C=O) groups excluding carboxylic acids is 1. The summed E-state index contributed by atoms with van der Waals surface area (Å²) in [5.41, 5.74) is 1.06. The molecule has 1 heterocycles. The summed E-state index contributed by atoms with van der Waals surface area (Å²) in [7, 11) is -2.41. The molecular weight excluding hydrogens is 444 g/mol. The Bertz CT molecular complexity index is 1080. The molecule has 1 amide bonds. The number of methoxy groups -OCH3 is 1. The van der Waals surface area contributed by atoms with Crippen molar-refractivity contribution in [2.75, 3.05) is 39.9 Å². The van der Waals surface area contributed by atoms with Gasteiger partial charge in [-0.2, -0.15) is 4.31 Å². The standard InChI is InChI=1S/C21H25ClN2O6S/c1-4-30-20-16(22)12-15(13-18(20)29-3)21(26)23-7-9-24(10-8-23)31(27,28)19-11-14(2)5-6-17(19)25/h5-6,11-13,25H,4,7-10H2,1-3H3. The molecule has 0 aliphatic carbocycles. The van der Waals surface area contributed by atoms with Crippen LogP contribution >= 0.6 is 11.6 Å². The zero-order valence-corrected chi connectivity index (χ0v) is 19.2. The highest BCUT2D eigenvalue weighted by Crippen LogP contribution is 2.37. The molecule has 31 heavy (non-hydrogen) atoms. The van der Waals surface area contributed by atoms with Gasteiger partial charge in [0.15, 0.2) is 11.5 Å². The van der Waals surface area contributed by atoms with Crippen LogP contribution in [0.3, 0.4) is 0 Å². The number of phenolic OH excluding ortho intramolecular Hbond substituents is 1. The minimum atomic E-state index is -3.87. The summed E-state index contributed by atoms with van der Waals surface area (Å²) in [6.07, 6.45) is 0. The molecule has 3 rings (SSSR count). The highest BCUT2D eigenvalue weighted by Gasteiger charge is 2.32. The van der Waals surface area contributed by atoms with Crippen molar-refractivity contribution in [3.05, 3.63) is 46.5 Å². The first kappa shape index (κ1) is 23.2. The Morgan fingerprint density at radius 2 is 1.84 bits per heavy atom. The Hall–Kier alpha value is -2.49. The van der Waals surface area contributed by atoms with Gasteiger partial charge in [0.25, 0.3) is 5.91 Å². The minimum Gasteiger partial charge on any atom is -0.507 e. The number of hydrogen-bond acceptors (Lipinski definition) is 6. The second-order valence-corrected chi connectivity index (χ2v) is 9.40. The van der Waals surface area contributed by atoms with Crippen LogP contribution in [0.1, 0.15) is 22.8 Å². The maximum atomic E-state index is 13.0. The van der Waals surface area contributed by atoms with Crippen LogP contribution in [0, 0.1) is 6.92 Å². The Balaban J connectivity index is 1.76. The van der Waals surface area contributed by atoms with Gasteiger partial charge in [0, 0.05) is 31.7 Å². The number of piperazine rings is 1. The molecule has 1 aliphatic rings. The monoisotopic (exact) mass is 468 g/mol. The fraction of sp³-hybridized carbons (Fsp3) is 0.381. The first-order chi connectivity index (χ1) is 14.7. The van der Waals surface area contributed by atoms with E-state index in [0.717, 1.165) is 5.56 Å². The number of rotatable bonds is 6. The number of halogens is 1. The lowest BCUT2D eigenvalue weighted by molar-refractivity contribution is 0.0697. The van der Waals surface area contributed by atoms with E-state index in [4.69, 9.17) is 21.1 Å². The number of aryl methyl sites for hydroxylation is 1. The molecule has 0 radical (unpaired) electrons. The van der Waals surface area contributed by atoms with Gasteiger partial charge in [0.1, 0.15) is 10.6 Å². The molecule has 2 aromatic rings. The lowest BCUT2D eigenvalue weighted by Gasteiger charge is -2.34. The maximum absolute atomic E-state index is 13.0. The lowest BCUT2D eigenvalue weighted by atomic mass is 10.1. The quantitative estimate of drug-likeness (QED) is 0.700. The molecule has 0 saturated carbocycles. The van der Waals surface area contributed by atoms with Gasteiger partial charge in [-0.05, 0) is 43.7 Å². The Kier molecular flexibility index (Phi) is 6.98. The number of carbonyl (C=O) groups is 1. The summed E-state index contributed by atoms with van der Waals surface area (Å²) in [6, 6.07) is 7.53. The van der Waals surface area contributed by atoms with E-state index in [9.17, 15) is 18.3 Å². The number of sulfonamides is 1. The number of benzene rings is 2. The van der Waals surface area contributed by atoms with E-state index in [1.807, 2.05) is 6.92 Å². The average Bonchev–Trinajstić information content (AvgIpc) is 2.76. The predicted molar refractivity (Wildman–Crippen MR) is 117 cm³/mol. The van der Waals surface area contributed by atoms with Crippen LogP contribution in [0.2, 0.25) is 5.02 Å². The summed E-state index contributed by atoms with van der Waals surface area (Å²) < 4.78 is 37.9. The zero-order valence-electron chi connectivity index (χ0n) is 17.6. The Labute approximate surface area is 187 Å². The zero-order chi connectivity index (χ0) is 22.8. The average molecular weight is 469 g/mol. The van der Waals surface area contributed by atoms with Crippen LogP contribution in [-0.2, 0) is 10.0 Å². The first-order valence-electron chi connectivity index (χ1n) is 9.78. The third-order valence-electron chi connectivity index (χ3n) is 5.02. The van der Waals surface area contributed by atoms with Crippen molar-refractivity contribution in [3.8, 4) is 17.2 Å². The maximum Gasteiger partial charge on any atom is 0.254 e. The lowest BCUT2D eigenvalue weighted by Crippen LogP contribution is -2.50. The molecule has 8 nitrogen and oxygen atoms in total. The fourth-order valence-electron chi connectivity index (χ4n) is 3.41. The molecule has 0 bridgehead atoms. The van der Waals surface area contributed by atoms with Gasteiger partial charge in [0.05, 0.1) is 18.7 Å². The molecule has 0 atom stereocenters. The molecule has 1 fully saturated rings. The van der Waals surface area contributed by atoms with Crippen molar-refractivity contribution in [3.63, 3.8) is 0 Å². The van der Waals surface area contributed by atoms with E-state index in [0.29, 0.717) is 23.7 Å². The summed E-state index contributed by atoms with van der Waals surface area (Å²) in [6.45, 7) is 4.61. The smallest absolute Gasteiger partial charge is 0.254 e. The second kappa shape index (κ2) is 9.33. The van der Waals surface area contributed by atoms with Crippen molar-refractivity contribution in [2.45, 2.75) is 18.7 Å². The first-order valence-corrected chi connectivity index (χ1v) is 11.6. The van der Waals surface area contributed by atoms with Gasteiger partial charge >= 0.3 is 0 Å². The van der Waals surface area contributed by atoms with Crippen LogP contribution in [0.15, 0.2) is 35.2 Å². The van der Waals surface area contributed by atoms with Crippen LogP contribution in [0.4, 0.5) is 0 Å². The topological polar surface area (TPSA) is 96.4 Å². The fourth-order valence-corrected chi connectivity index (χ4v) is 5.26. The third kappa shape index (κ3) is 4.73. The van der Waals surface area contributed by atoms with Crippen LogP contribution in [0.25, 0.3) is 0 Å². The van der Waals surface area contributed by atoms with E-state index >= 15 is 0 Å². The highest BCUT2D eigenvalue weighted by molar-refractivity contribution is 7.89. The number of nitrogens with zero attached hydrogens (tertiary/aromatic N) is 2. The van der Waals surface area contributed by atoms with Gasteiger partial charge in [-0.1, -0.05) is 17.7 Å². The number of ether oxygens (including phenoxy) is 2. The minimum absolute atomic E-state index is 0.114. The van der Waals surface area contributed by atoms with E-state index in [1.165, 1.54) is 29.6 Å². The van der Waals surface area contributed by atoms with Crippen molar-refractivity contribution in [2.24, 2.45) is 0 Å². The van der Waals surface area contributed by atoms with Gasteiger partial charge in [-0.3, -0.25) is 4.79 Å². The summed E-state index contributed by atoms with van der Waals surface area (Å²) in [4.78, 5) is 14.4. The summed E-state index contributed by atoms with van der Waals surface area (Å²) in [5.74, 6) is 0.157. The summed E-state index contributed by atoms with van der Waals surface area (Å²) in [5, 5.41) is 10.3. The van der Waals surface area contributed by atoms with E-state index < -0.39 is 10.0 Å². The number of amides is 1. The van der Waals surface area contributed by atoms with E-state index in [2.05, 4.69) is 0 Å². The molecule has 0 spiro atoms. The largest absolute Gasteiger partial charge is 0.507 e. The van der Waals surface area contributed by atoms with E-state index in [-0.39, 0.29) is 47.8 Å². The van der Waals surface area contributed by atoms with E-state index in [1.54, 1.807) is 24.0 Å². The number of phenols is 1. The predicted octanol–water partition coefficient (Wildman–Crippen LogP) is 2.91.